The molecule has 19 heavy (non-hydrogen) atoms. The van der Waals surface area contributed by atoms with Gasteiger partial charge in [-0.25, -0.2) is 13.1 Å². The SMILES string of the molecule is O=S(=O)(CCn1nnnc1S)Nc1ccccc1O. The van der Waals surface area contributed by atoms with Gasteiger partial charge in [0.2, 0.25) is 15.2 Å². The zero-order valence-corrected chi connectivity index (χ0v) is 11.3. The predicted octanol–water partition coefficient (Wildman–Crippen LogP) is 0.109. The van der Waals surface area contributed by atoms with E-state index in [-0.39, 0.29) is 28.9 Å². The lowest BCUT2D eigenvalue weighted by Gasteiger charge is -2.09. The maximum atomic E-state index is 11.8. The highest BCUT2D eigenvalue weighted by Gasteiger charge is 2.14. The van der Waals surface area contributed by atoms with E-state index in [4.69, 9.17) is 0 Å². The summed E-state index contributed by atoms with van der Waals surface area (Å²) < 4.78 is 27.2. The third kappa shape index (κ3) is 3.58. The van der Waals surface area contributed by atoms with Crippen molar-refractivity contribution in [1.29, 1.82) is 0 Å². The number of aromatic nitrogens is 4. The zero-order valence-electron chi connectivity index (χ0n) is 9.63. The van der Waals surface area contributed by atoms with E-state index in [1.54, 1.807) is 12.1 Å². The van der Waals surface area contributed by atoms with Gasteiger partial charge in [-0.15, -0.1) is 17.7 Å². The normalized spacial score (nSPS) is 11.4. The minimum atomic E-state index is -3.61. The number of nitrogens with one attached hydrogen (secondary N) is 1. The molecule has 0 radical (unpaired) electrons. The van der Waals surface area contributed by atoms with Gasteiger partial charge in [-0.3, -0.25) is 4.72 Å². The van der Waals surface area contributed by atoms with Crippen LogP contribution in [0.4, 0.5) is 5.69 Å². The van der Waals surface area contributed by atoms with Crippen LogP contribution in [-0.4, -0.2) is 39.5 Å². The average molecular weight is 301 g/mol. The molecule has 0 saturated carbocycles. The predicted molar refractivity (Wildman–Crippen MR) is 70.6 cm³/mol. The van der Waals surface area contributed by atoms with Gasteiger partial charge in [-0.2, -0.15) is 0 Å². The first kappa shape index (κ1) is 13.6. The van der Waals surface area contributed by atoms with Crippen molar-refractivity contribution in [3.05, 3.63) is 24.3 Å². The van der Waals surface area contributed by atoms with Crippen molar-refractivity contribution in [2.75, 3.05) is 10.5 Å². The topological polar surface area (TPSA) is 110 Å². The monoisotopic (exact) mass is 301 g/mol. The summed E-state index contributed by atoms with van der Waals surface area (Å²) in [5.41, 5.74) is 0.130. The molecule has 0 aliphatic heterocycles. The standard InChI is InChI=1S/C9H11N5O3S2/c15-8-4-2-1-3-7(8)11-19(16,17)6-5-14-9(18)10-12-13-14/h1-4,11,15H,5-6H2,(H,10,13,18). The van der Waals surface area contributed by atoms with Crippen LogP contribution in [0.25, 0.3) is 0 Å². The Labute approximate surface area is 114 Å². The molecule has 10 heteroatoms. The van der Waals surface area contributed by atoms with E-state index in [9.17, 15) is 13.5 Å². The van der Waals surface area contributed by atoms with Gasteiger partial charge in [0.05, 0.1) is 18.0 Å². The van der Waals surface area contributed by atoms with Gasteiger partial charge in [0.1, 0.15) is 5.75 Å². The van der Waals surface area contributed by atoms with E-state index >= 15 is 0 Å². The Morgan fingerprint density at radius 2 is 2.11 bits per heavy atom. The smallest absolute Gasteiger partial charge is 0.234 e. The zero-order chi connectivity index (χ0) is 13.9. The molecule has 0 fully saturated rings. The van der Waals surface area contributed by atoms with E-state index in [1.807, 2.05) is 0 Å². The van der Waals surface area contributed by atoms with Crippen molar-refractivity contribution in [3.8, 4) is 5.75 Å². The summed E-state index contributed by atoms with van der Waals surface area (Å²) in [7, 11) is -3.61. The number of benzene rings is 1. The maximum absolute atomic E-state index is 11.8. The number of nitrogens with zero attached hydrogens (tertiary/aromatic N) is 4. The molecular weight excluding hydrogens is 290 g/mol. The molecule has 0 saturated heterocycles. The van der Waals surface area contributed by atoms with Crippen LogP contribution in [0.3, 0.4) is 0 Å². The highest BCUT2D eigenvalue weighted by atomic mass is 32.2. The quantitative estimate of drug-likeness (QED) is 0.534. The molecule has 0 bridgehead atoms. The number of aryl methyl sites for hydroxylation is 1. The first-order chi connectivity index (χ1) is 8.98. The molecule has 2 rings (SSSR count). The Bertz CT molecular complexity index is 670. The highest BCUT2D eigenvalue weighted by Crippen LogP contribution is 2.22. The molecule has 1 heterocycles. The van der Waals surface area contributed by atoms with E-state index < -0.39 is 10.0 Å². The third-order valence-corrected chi connectivity index (χ3v) is 3.83. The molecule has 0 aliphatic carbocycles. The van der Waals surface area contributed by atoms with Gasteiger partial charge in [0.15, 0.2) is 0 Å². The number of para-hydroxylation sites is 2. The van der Waals surface area contributed by atoms with Crippen molar-refractivity contribution < 1.29 is 13.5 Å². The van der Waals surface area contributed by atoms with Crippen LogP contribution in [0.2, 0.25) is 0 Å². The van der Waals surface area contributed by atoms with Gasteiger partial charge < -0.3 is 5.11 Å². The number of sulfonamides is 1. The van der Waals surface area contributed by atoms with Crippen LogP contribution in [0.15, 0.2) is 29.4 Å². The molecule has 1 aromatic heterocycles. The summed E-state index contributed by atoms with van der Waals surface area (Å²) in [6, 6.07) is 6.07. The number of anilines is 1. The van der Waals surface area contributed by atoms with Crippen LogP contribution in [0.5, 0.6) is 5.75 Å². The van der Waals surface area contributed by atoms with E-state index in [2.05, 4.69) is 32.9 Å². The number of rotatable bonds is 5. The molecule has 102 valence electrons. The molecule has 0 spiro atoms. The lowest BCUT2D eigenvalue weighted by Crippen LogP contribution is -2.21. The minimum Gasteiger partial charge on any atom is -0.506 e. The number of tetrazole rings is 1. The lowest BCUT2D eigenvalue weighted by atomic mass is 10.3. The fraction of sp³-hybridized carbons (Fsp3) is 0.222. The maximum Gasteiger partial charge on any atom is 0.234 e. The summed E-state index contributed by atoms with van der Waals surface area (Å²) >= 11 is 3.97. The largest absolute Gasteiger partial charge is 0.506 e. The van der Waals surface area contributed by atoms with Crippen molar-refractivity contribution in [3.63, 3.8) is 0 Å². The molecule has 0 unspecified atom stereocenters. The second-order valence-corrected chi connectivity index (χ2v) is 5.88. The lowest BCUT2D eigenvalue weighted by molar-refractivity contribution is 0.477. The number of hydrogen-bond acceptors (Lipinski definition) is 7. The Kier molecular flexibility index (Phi) is 3.90. The van der Waals surface area contributed by atoms with E-state index in [1.165, 1.54) is 16.8 Å². The Morgan fingerprint density at radius 3 is 2.74 bits per heavy atom. The number of thiol groups is 1. The van der Waals surface area contributed by atoms with Gasteiger partial charge in [0.25, 0.3) is 0 Å². The molecule has 0 atom stereocenters. The Morgan fingerprint density at radius 1 is 1.37 bits per heavy atom. The molecule has 8 nitrogen and oxygen atoms in total. The van der Waals surface area contributed by atoms with Crippen molar-refractivity contribution in [2.24, 2.45) is 0 Å². The second-order valence-electron chi connectivity index (χ2n) is 3.64. The van der Waals surface area contributed by atoms with Crippen molar-refractivity contribution in [2.45, 2.75) is 11.7 Å². The molecule has 2 N–H and O–H groups in total. The van der Waals surface area contributed by atoms with Gasteiger partial charge in [-0.1, -0.05) is 12.1 Å². The molecule has 2 aromatic rings. The number of hydrogen-bond donors (Lipinski definition) is 3. The summed E-state index contributed by atoms with van der Waals surface area (Å²) in [5, 5.41) is 20.2. The molecule has 1 aromatic carbocycles. The number of phenols is 1. The highest BCUT2D eigenvalue weighted by molar-refractivity contribution is 7.92. The summed E-state index contributed by atoms with van der Waals surface area (Å²) in [6.45, 7) is 0.0642. The molecular formula is C9H11N5O3S2. The fourth-order valence-electron chi connectivity index (χ4n) is 1.33. The van der Waals surface area contributed by atoms with E-state index in [0.717, 1.165) is 0 Å². The van der Waals surface area contributed by atoms with Crippen molar-refractivity contribution in [1.82, 2.24) is 20.2 Å². The first-order valence-electron chi connectivity index (χ1n) is 5.21. The number of phenolic OH excluding ortho intramolecular Hbond substituents is 1. The second kappa shape index (κ2) is 5.45. The summed E-state index contributed by atoms with van der Waals surface area (Å²) in [6.07, 6.45) is 0. The molecule has 0 amide bonds. The van der Waals surface area contributed by atoms with Crippen LogP contribution in [-0.2, 0) is 16.6 Å². The van der Waals surface area contributed by atoms with Crippen LogP contribution >= 0.6 is 12.6 Å². The summed E-state index contributed by atoms with van der Waals surface area (Å²) in [4.78, 5) is 0. The molecule has 0 aliphatic rings. The van der Waals surface area contributed by atoms with Crippen LogP contribution in [0.1, 0.15) is 0 Å². The Balaban J connectivity index is 2.04. The first-order valence-corrected chi connectivity index (χ1v) is 7.31. The van der Waals surface area contributed by atoms with Gasteiger partial charge in [-0.05, 0) is 22.6 Å². The van der Waals surface area contributed by atoms with E-state index in [0.29, 0.717) is 0 Å². The van der Waals surface area contributed by atoms with Gasteiger partial charge in [0, 0.05) is 0 Å². The summed E-state index contributed by atoms with van der Waals surface area (Å²) in [5.74, 6) is -0.372. The van der Waals surface area contributed by atoms with Crippen LogP contribution in [0, 0.1) is 0 Å². The fourth-order valence-corrected chi connectivity index (χ4v) is 2.53. The number of aromatic hydroxyl groups is 1. The Hall–Kier alpha value is -1.81. The van der Waals surface area contributed by atoms with Gasteiger partial charge >= 0.3 is 0 Å². The minimum absolute atomic E-state index is 0.0642. The third-order valence-electron chi connectivity index (χ3n) is 2.25. The van der Waals surface area contributed by atoms with Crippen LogP contribution < -0.4 is 4.72 Å². The average Bonchev–Trinajstić information content (AvgIpc) is 2.75. The van der Waals surface area contributed by atoms with Crippen molar-refractivity contribution >= 4 is 28.3 Å².